The Morgan fingerprint density at radius 3 is 2.67 bits per heavy atom. The van der Waals surface area contributed by atoms with Crippen LogP contribution in [0.1, 0.15) is 32.9 Å². The molecule has 0 bridgehead atoms. The molecule has 0 spiro atoms. The van der Waals surface area contributed by atoms with Crippen LogP contribution >= 0.6 is 12.4 Å². The lowest BCUT2D eigenvalue weighted by atomic mass is 9.91. The van der Waals surface area contributed by atoms with Crippen LogP contribution in [0.3, 0.4) is 0 Å². The van der Waals surface area contributed by atoms with E-state index in [1.807, 2.05) is 13.1 Å². The maximum atomic E-state index is 11.5. The van der Waals surface area contributed by atoms with Crippen molar-refractivity contribution < 1.29 is 4.79 Å². The fraction of sp³-hybridized carbons (Fsp3) is 0.667. The van der Waals surface area contributed by atoms with E-state index in [4.69, 9.17) is 0 Å². The van der Waals surface area contributed by atoms with E-state index in [-0.39, 0.29) is 23.7 Å². The van der Waals surface area contributed by atoms with E-state index >= 15 is 0 Å². The largest absolute Gasteiger partial charge is 0.319 e. The number of H-pyrrole nitrogens is 1. The first-order chi connectivity index (χ1) is 7.90. The van der Waals surface area contributed by atoms with E-state index in [0.717, 1.165) is 12.1 Å². The molecule has 6 heteroatoms. The molecule has 18 heavy (non-hydrogen) atoms. The van der Waals surface area contributed by atoms with Crippen molar-refractivity contribution in [2.24, 2.45) is 5.41 Å². The zero-order valence-electron chi connectivity index (χ0n) is 11.5. The van der Waals surface area contributed by atoms with E-state index in [1.165, 1.54) is 0 Å². The molecule has 0 fully saturated rings. The number of aromatic amines is 1. The zero-order valence-corrected chi connectivity index (χ0v) is 12.3. The van der Waals surface area contributed by atoms with Crippen molar-refractivity contribution in [3.05, 3.63) is 11.8 Å². The molecular weight excluding hydrogens is 252 g/mol. The number of aromatic nitrogens is 2. The lowest BCUT2D eigenvalue weighted by Crippen LogP contribution is -2.18. The van der Waals surface area contributed by atoms with Gasteiger partial charge in [0.2, 0.25) is 5.91 Å². The van der Waals surface area contributed by atoms with Gasteiger partial charge in [0.25, 0.3) is 0 Å². The van der Waals surface area contributed by atoms with Crippen molar-refractivity contribution in [3.8, 4) is 0 Å². The molecular formula is C12H23ClN4O. The molecule has 104 valence electrons. The molecule has 5 nitrogen and oxygen atoms in total. The lowest BCUT2D eigenvalue weighted by molar-refractivity contribution is -0.116. The first-order valence-electron chi connectivity index (χ1n) is 5.89. The highest BCUT2D eigenvalue weighted by molar-refractivity contribution is 5.89. The Labute approximate surface area is 115 Å². The van der Waals surface area contributed by atoms with Crippen molar-refractivity contribution >= 4 is 24.1 Å². The minimum Gasteiger partial charge on any atom is -0.319 e. The summed E-state index contributed by atoms with van der Waals surface area (Å²) in [4.78, 5) is 11.5. The third-order valence-electron chi connectivity index (χ3n) is 2.22. The Balaban J connectivity index is 0.00000289. The van der Waals surface area contributed by atoms with E-state index in [1.54, 1.807) is 0 Å². The van der Waals surface area contributed by atoms with Gasteiger partial charge in [0.15, 0.2) is 5.82 Å². The third kappa shape index (κ3) is 6.61. The zero-order chi connectivity index (χ0) is 12.9. The van der Waals surface area contributed by atoms with Crippen molar-refractivity contribution in [2.45, 2.75) is 33.6 Å². The number of hydrogen-bond donors (Lipinski definition) is 3. The number of nitrogens with zero attached hydrogens (tertiary/aromatic N) is 1. The first kappa shape index (κ1) is 16.9. The van der Waals surface area contributed by atoms with Crippen LogP contribution in [0.4, 0.5) is 5.82 Å². The highest BCUT2D eigenvalue weighted by atomic mass is 35.5. The number of anilines is 1. The Morgan fingerprint density at radius 2 is 2.11 bits per heavy atom. The highest BCUT2D eigenvalue weighted by Gasteiger charge is 2.13. The van der Waals surface area contributed by atoms with Crippen LogP contribution in [0.2, 0.25) is 0 Å². The second kappa shape index (κ2) is 7.38. The average molecular weight is 275 g/mol. The molecule has 1 aromatic heterocycles. The van der Waals surface area contributed by atoms with Crippen LogP contribution in [-0.2, 0) is 11.2 Å². The summed E-state index contributed by atoms with van der Waals surface area (Å²) in [5.41, 5.74) is 1.25. The molecule has 0 unspecified atom stereocenters. The minimum absolute atomic E-state index is 0. The minimum atomic E-state index is -0.0202. The standard InChI is InChI=1S/C12H22N4O.ClH/c1-12(2,3)8-9-7-10(16-15-9)14-11(17)5-6-13-4;/h7,13H,5-6,8H2,1-4H3,(H2,14,15,16,17);1H. The normalized spacial score (nSPS) is 10.9. The summed E-state index contributed by atoms with van der Waals surface area (Å²) < 4.78 is 0. The summed E-state index contributed by atoms with van der Waals surface area (Å²) in [6, 6.07) is 1.89. The molecule has 1 aromatic rings. The monoisotopic (exact) mass is 274 g/mol. The first-order valence-corrected chi connectivity index (χ1v) is 5.89. The lowest BCUT2D eigenvalue weighted by Gasteiger charge is -2.15. The smallest absolute Gasteiger partial charge is 0.226 e. The topological polar surface area (TPSA) is 69.8 Å². The van der Waals surface area contributed by atoms with E-state index in [2.05, 4.69) is 41.6 Å². The Morgan fingerprint density at radius 1 is 1.44 bits per heavy atom. The van der Waals surface area contributed by atoms with E-state index < -0.39 is 0 Å². The van der Waals surface area contributed by atoms with Crippen molar-refractivity contribution in [1.29, 1.82) is 0 Å². The van der Waals surface area contributed by atoms with Crippen molar-refractivity contribution in [1.82, 2.24) is 15.5 Å². The number of rotatable bonds is 5. The van der Waals surface area contributed by atoms with Gasteiger partial charge in [-0.25, -0.2) is 0 Å². The Bertz CT molecular complexity index is 370. The summed E-state index contributed by atoms with van der Waals surface area (Å²) in [5, 5.41) is 12.7. The molecule has 0 aliphatic carbocycles. The molecule has 0 saturated heterocycles. The molecule has 1 heterocycles. The van der Waals surface area contributed by atoms with Crippen LogP contribution in [0, 0.1) is 5.41 Å². The summed E-state index contributed by atoms with van der Waals surface area (Å²) in [6.45, 7) is 7.17. The van der Waals surface area contributed by atoms with Gasteiger partial charge < -0.3 is 10.6 Å². The number of nitrogens with one attached hydrogen (secondary N) is 3. The number of amides is 1. The second-order valence-electron chi connectivity index (χ2n) is 5.42. The predicted molar refractivity (Wildman–Crippen MR) is 76.2 cm³/mol. The fourth-order valence-electron chi connectivity index (χ4n) is 1.53. The van der Waals surface area contributed by atoms with Gasteiger partial charge in [-0.15, -0.1) is 12.4 Å². The van der Waals surface area contributed by atoms with Crippen molar-refractivity contribution in [2.75, 3.05) is 18.9 Å². The number of halogens is 1. The van der Waals surface area contributed by atoms with Crippen LogP contribution in [0.5, 0.6) is 0 Å². The van der Waals surface area contributed by atoms with Gasteiger partial charge in [0.05, 0.1) is 0 Å². The summed E-state index contributed by atoms with van der Waals surface area (Å²) in [7, 11) is 1.82. The fourth-order valence-corrected chi connectivity index (χ4v) is 1.53. The van der Waals surface area contributed by atoms with Gasteiger partial charge in [0, 0.05) is 24.7 Å². The van der Waals surface area contributed by atoms with Crippen molar-refractivity contribution in [3.63, 3.8) is 0 Å². The number of hydrogen-bond acceptors (Lipinski definition) is 3. The maximum Gasteiger partial charge on any atom is 0.226 e. The van der Waals surface area contributed by atoms with Crippen LogP contribution in [-0.4, -0.2) is 29.7 Å². The molecule has 0 radical (unpaired) electrons. The van der Waals surface area contributed by atoms with Gasteiger partial charge in [-0.2, -0.15) is 5.10 Å². The molecule has 3 N–H and O–H groups in total. The molecule has 1 rings (SSSR count). The second-order valence-corrected chi connectivity index (χ2v) is 5.42. The third-order valence-corrected chi connectivity index (χ3v) is 2.22. The molecule has 0 atom stereocenters. The van der Waals surface area contributed by atoms with Crippen LogP contribution in [0.15, 0.2) is 6.07 Å². The quantitative estimate of drug-likeness (QED) is 0.769. The van der Waals surface area contributed by atoms with E-state index in [0.29, 0.717) is 18.8 Å². The Kier molecular flexibility index (Phi) is 6.94. The number of carbonyl (C=O) groups is 1. The maximum absolute atomic E-state index is 11.5. The summed E-state index contributed by atoms with van der Waals surface area (Å²) in [5.74, 6) is 0.582. The van der Waals surface area contributed by atoms with Gasteiger partial charge in [0.1, 0.15) is 0 Å². The van der Waals surface area contributed by atoms with Gasteiger partial charge >= 0.3 is 0 Å². The summed E-state index contributed by atoms with van der Waals surface area (Å²) in [6.07, 6.45) is 1.37. The SMILES string of the molecule is CNCCC(=O)Nc1cc(CC(C)(C)C)[nH]n1.Cl. The van der Waals surface area contributed by atoms with Gasteiger partial charge in [-0.1, -0.05) is 20.8 Å². The average Bonchev–Trinajstić information content (AvgIpc) is 2.59. The predicted octanol–water partition coefficient (Wildman–Crippen LogP) is 1.97. The number of carbonyl (C=O) groups excluding carboxylic acids is 1. The van der Waals surface area contributed by atoms with E-state index in [9.17, 15) is 4.79 Å². The Hall–Kier alpha value is -1.07. The molecule has 0 aliphatic rings. The summed E-state index contributed by atoms with van der Waals surface area (Å²) >= 11 is 0. The highest BCUT2D eigenvalue weighted by Crippen LogP contribution is 2.20. The van der Waals surface area contributed by atoms with Crippen LogP contribution in [0.25, 0.3) is 0 Å². The molecule has 0 saturated carbocycles. The van der Waals surface area contributed by atoms with Gasteiger partial charge in [-0.05, 0) is 18.9 Å². The molecule has 0 aromatic carbocycles. The van der Waals surface area contributed by atoms with Gasteiger partial charge in [-0.3, -0.25) is 9.89 Å². The molecule has 0 aliphatic heterocycles. The molecule has 1 amide bonds. The van der Waals surface area contributed by atoms with Crippen LogP contribution < -0.4 is 10.6 Å².